The van der Waals surface area contributed by atoms with E-state index < -0.39 is 0 Å². The Hall–Kier alpha value is -2.50. The molecule has 0 aliphatic rings. The second-order valence-electron chi connectivity index (χ2n) is 4.80. The third-order valence-electron chi connectivity index (χ3n) is 3.41. The predicted molar refractivity (Wildman–Crippen MR) is 92.4 cm³/mol. The van der Waals surface area contributed by atoms with Gasteiger partial charge >= 0.3 is 0 Å². The molecular weight excluding hydrogens is 337 g/mol. The summed E-state index contributed by atoms with van der Waals surface area (Å²) in [6, 6.07) is 6.45. The summed E-state index contributed by atoms with van der Waals surface area (Å²) >= 11 is 12.2. The molecule has 116 valence electrons. The van der Waals surface area contributed by atoms with Crippen molar-refractivity contribution in [2.24, 2.45) is 0 Å². The highest BCUT2D eigenvalue weighted by Crippen LogP contribution is 2.35. The maximum atomic E-state index is 10.6. The van der Waals surface area contributed by atoms with Gasteiger partial charge in [0.05, 0.1) is 16.2 Å². The second kappa shape index (κ2) is 5.95. The largest absolute Gasteiger partial charge is 0.507 e. The van der Waals surface area contributed by atoms with E-state index in [4.69, 9.17) is 28.6 Å². The van der Waals surface area contributed by atoms with Crippen molar-refractivity contribution in [1.82, 2.24) is 9.97 Å². The smallest absolute Gasteiger partial charge is 0.138 e. The number of aromatic amines is 1. The number of hydrogen-bond donors (Lipinski definition) is 4. The van der Waals surface area contributed by atoms with Gasteiger partial charge in [-0.1, -0.05) is 35.3 Å². The quantitative estimate of drug-likeness (QED) is 0.410. The molecule has 2 aromatic heterocycles. The van der Waals surface area contributed by atoms with E-state index in [-0.39, 0.29) is 22.1 Å². The first-order valence-electron chi connectivity index (χ1n) is 6.57. The van der Waals surface area contributed by atoms with Gasteiger partial charge in [-0.25, -0.2) is 4.98 Å². The highest BCUT2D eigenvalue weighted by molar-refractivity contribution is 6.44. The number of aliphatic hydroxyl groups is 1. The molecule has 0 unspecified atom stereocenters. The van der Waals surface area contributed by atoms with E-state index in [1.807, 2.05) is 0 Å². The van der Waals surface area contributed by atoms with Crippen LogP contribution in [0, 0.1) is 5.41 Å². The Bertz CT molecular complexity index is 948. The highest BCUT2D eigenvalue weighted by atomic mass is 35.5. The second-order valence-corrected chi connectivity index (χ2v) is 5.59. The molecule has 0 aliphatic heterocycles. The summed E-state index contributed by atoms with van der Waals surface area (Å²) in [5, 5.41) is 28.9. The molecule has 0 spiro atoms. The summed E-state index contributed by atoms with van der Waals surface area (Å²) < 4.78 is 0. The van der Waals surface area contributed by atoms with E-state index in [1.54, 1.807) is 24.4 Å². The predicted octanol–water partition coefficient (Wildman–Crippen LogP) is 4.65. The minimum Gasteiger partial charge on any atom is -0.507 e. The number of halogens is 2. The number of hydrogen-bond acceptors (Lipinski definition) is 4. The Morgan fingerprint density at radius 2 is 2.04 bits per heavy atom. The van der Waals surface area contributed by atoms with Crippen LogP contribution in [-0.4, -0.2) is 26.4 Å². The lowest BCUT2D eigenvalue weighted by atomic mass is 10.0. The first-order chi connectivity index (χ1) is 11.0. The van der Waals surface area contributed by atoms with E-state index in [2.05, 4.69) is 9.97 Å². The van der Waals surface area contributed by atoms with E-state index in [1.165, 1.54) is 12.3 Å². The molecule has 3 rings (SSSR count). The number of fused-ring (bicyclic) bond motifs is 1. The van der Waals surface area contributed by atoms with Crippen LogP contribution in [-0.2, 0) is 0 Å². The fourth-order valence-corrected chi connectivity index (χ4v) is 2.72. The van der Waals surface area contributed by atoms with Gasteiger partial charge in [-0.15, -0.1) is 0 Å². The third kappa shape index (κ3) is 2.65. The van der Waals surface area contributed by atoms with Crippen molar-refractivity contribution in [1.29, 1.82) is 5.41 Å². The topological polar surface area (TPSA) is 93.0 Å². The SMILES string of the molecule is N=C/C(=C(\O)c1c[nH]c2ncc(O)cc12)c1cccc(Cl)c1Cl. The van der Waals surface area contributed by atoms with Crippen LogP contribution in [0.25, 0.3) is 22.4 Å². The van der Waals surface area contributed by atoms with Crippen LogP contribution in [0.2, 0.25) is 10.0 Å². The van der Waals surface area contributed by atoms with Gasteiger partial charge in [0.15, 0.2) is 0 Å². The molecule has 1 aromatic carbocycles. The molecule has 0 bridgehead atoms. The maximum absolute atomic E-state index is 10.6. The van der Waals surface area contributed by atoms with Crippen LogP contribution in [0.5, 0.6) is 5.75 Å². The van der Waals surface area contributed by atoms with Crippen molar-refractivity contribution in [3.63, 3.8) is 0 Å². The number of aliphatic hydroxyl groups excluding tert-OH is 1. The van der Waals surface area contributed by atoms with Crippen molar-refractivity contribution in [3.8, 4) is 5.75 Å². The molecule has 0 radical (unpaired) electrons. The molecule has 23 heavy (non-hydrogen) atoms. The molecule has 0 saturated carbocycles. The molecule has 0 fully saturated rings. The summed E-state index contributed by atoms with van der Waals surface area (Å²) in [6.45, 7) is 0. The Morgan fingerprint density at radius 3 is 2.78 bits per heavy atom. The van der Waals surface area contributed by atoms with Crippen molar-refractivity contribution in [2.45, 2.75) is 0 Å². The van der Waals surface area contributed by atoms with Crippen LogP contribution < -0.4 is 0 Å². The zero-order valence-electron chi connectivity index (χ0n) is 11.6. The Kier molecular flexibility index (Phi) is 3.98. The van der Waals surface area contributed by atoms with E-state index in [9.17, 15) is 10.2 Å². The lowest BCUT2D eigenvalue weighted by Crippen LogP contribution is -1.94. The zero-order chi connectivity index (χ0) is 16.6. The number of rotatable bonds is 3. The molecule has 2 heterocycles. The summed E-state index contributed by atoms with van der Waals surface area (Å²) in [5.41, 5.74) is 1.56. The fourth-order valence-electron chi connectivity index (χ4n) is 2.32. The van der Waals surface area contributed by atoms with Crippen molar-refractivity contribution in [3.05, 3.63) is 57.8 Å². The van der Waals surface area contributed by atoms with Gasteiger partial charge in [0, 0.05) is 34.5 Å². The number of nitrogens with one attached hydrogen (secondary N) is 2. The molecule has 0 aliphatic carbocycles. The van der Waals surface area contributed by atoms with Crippen molar-refractivity contribution >= 4 is 51.8 Å². The minimum absolute atomic E-state index is 0.0247. The van der Waals surface area contributed by atoms with Gasteiger partial charge in [0.25, 0.3) is 0 Å². The number of benzene rings is 1. The van der Waals surface area contributed by atoms with E-state index in [0.717, 1.165) is 6.21 Å². The Labute approximate surface area is 141 Å². The summed E-state index contributed by atoms with van der Waals surface area (Å²) in [7, 11) is 0. The van der Waals surface area contributed by atoms with E-state index in [0.29, 0.717) is 27.2 Å². The molecule has 4 N–H and O–H groups in total. The number of allylic oxidation sites excluding steroid dienone is 1. The standard InChI is InChI=1S/C16H11Cl2N3O2/c17-13-3-1-2-9(14(13)18)11(5-19)15(23)12-7-21-16-10(12)4-8(22)6-20-16/h1-7,19,22-23H,(H,20,21)/b15-11+,19-5?. The Balaban J connectivity index is 2.26. The molecule has 3 aromatic rings. The molecule has 5 nitrogen and oxygen atoms in total. The number of aromatic nitrogens is 2. The van der Waals surface area contributed by atoms with Crippen LogP contribution in [0.15, 0.2) is 36.7 Å². The monoisotopic (exact) mass is 347 g/mol. The van der Waals surface area contributed by atoms with Crippen molar-refractivity contribution in [2.75, 3.05) is 0 Å². The first kappa shape index (κ1) is 15.4. The maximum Gasteiger partial charge on any atom is 0.138 e. The van der Waals surface area contributed by atoms with E-state index >= 15 is 0 Å². The first-order valence-corrected chi connectivity index (χ1v) is 7.33. The Morgan fingerprint density at radius 1 is 1.26 bits per heavy atom. The van der Waals surface area contributed by atoms with Gasteiger partial charge < -0.3 is 20.6 Å². The highest BCUT2D eigenvalue weighted by Gasteiger charge is 2.17. The van der Waals surface area contributed by atoms with Gasteiger partial charge in [-0.2, -0.15) is 0 Å². The normalized spacial score (nSPS) is 12.3. The zero-order valence-corrected chi connectivity index (χ0v) is 13.2. The molecule has 0 atom stereocenters. The van der Waals surface area contributed by atoms with Gasteiger partial charge in [0.1, 0.15) is 17.2 Å². The molecular formula is C16H11Cl2N3O2. The summed E-state index contributed by atoms with van der Waals surface area (Å²) in [5.74, 6) is -0.189. The average molecular weight is 348 g/mol. The number of H-pyrrole nitrogens is 1. The number of pyridine rings is 1. The summed E-state index contributed by atoms with van der Waals surface area (Å²) in [4.78, 5) is 6.93. The van der Waals surface area contributed by atoms with Crippen LogP contribution in [0.1, 0.15) is 11.1 Å². The minimum atomic E-state index is -0.164. The van der Waals surface area contributed by atoms with Crippen molar-refractivity contribution < 1.29 is 10.2 Å². The number of aromatic hydroxyl groups is 1. The lowest BCUT2D eigenvalue weighted by Gasteiger charge is -2.09. The summed E-state index contributed by atoms with van der Waals surface area (Å²) in [6.07, 6.45) is 3.85. The number of nitrogens with zero attached hydrogens (tertiary/aromatic N) is 1. The van der Waals surface area contributed by atoms with Crippen LogP contribution in [0.4, 0.5) is 0 Å². The third-order valence-corrected chi connectivity index (χ3v) is 4.23. The molecule has 0 saturated heterocycles. The van der Waals surface area contributed by atoms with Crippen LogP contribution >= 0.6 is 23.2 Å². The molecule has 7 heteroatoms. The van der Waals surface area contributed by atoms with Gasteiger partial charge in [0.2, 0.25) is 0 Å². The fraction of sp³-hybridized carbons (Fsp3) is 0. The van der Waals surface area contributed by atoms with Gasteiger partial charge in [-0.3, -0.25) is 0 Å². The van der Waals surface area contributed by atoms with Gasteiger partial charge in [-0.05, 0) is 12.1 Å². The van der Waals surface area contributed by atoms with Crippen LogP contribution in [0.3, 0.4) is 0 Å². The lowest BCUT2D eigenvalue weighted by molar-refractivity contribution is 0.474. The average Bonchev–Trinajstić information content (AvgIpc) is 2.95. The molecule has 0 amide bonds.